The van der Waals surface area contributed by atoms with Crippen LogP contribution in [-0.2, 0) is 0 Å². The summed E-state index contributed by atoms with van der Waals surface area (Å²) in [6.45, 7) is 0. The van der Waals surface area contributed by atoms with Gasteiger partial charge in [0.15, 0.2) is 5.82 Å². The lowest BCUT2D eigenvalue weighted by atomic mass is 10.1. The number of nitrogen functional groups attached to an aromatic ring is 1. The van der Waals surface area contributed by atoms with Gasteiger partial charge in [-0.3, -0.25) is 4.79 Å². The van der Waals surface area contributed by atoms with Gasteiger partial charge in [0.25, 0.3) is 5.91 Å². The lowest BCUT2D eigenvalue weighted by Gasteiger charge is -2.09. The van der Waals surface area contributed by atoms with Crippen LogP contribution >= 0.6 is 11.6 Å². The van der Waals surface area contributed by atoms with Gasteiger partial charge in [-0.2, -0.15) is 5.26 Å². The van der Waals surface area contributed by atoms with Crippen molar-refractivity contribution in [2.45, 2.75) is 0 Å². The van der Waals surface area contributed by atoms with Crippen LogP contribution < -0.4 is 11.1 Å². The molecule has 0 heterocycles. The smallest absolute Gasteiger partial charge is 0.258 e. The third-order valence-electron chi connectivity index (χ3n) is 2.65. The third-order valence-corrected chi connectivity index (χ3v) is 2.98. The Morgan fingerprint density at radius 1 is 1.29 bits per heavy atom. The van der Waals surface area contributed by atoms with E-state index in [1.165, 1.54) is 18.2 Å². The lowest BCUT2D eigenvalue weighted by Crippen LogP contribution is -2.15. The molecule has 0 spiro atoms. The molecule has 0 aliphatic rings. The van der Waals surface area contributed by atoms with Crippen molar-refractivity contribution in [1.29, 1.82) is 5.26 Å². The zero-order valence-electron chi connectivity index (χ0n) is 10.5. The number of anilines is 2. The minimum Gasteiger partial charge on any atom is -0.396 e. The normalized spacial score (nSPS) is 10.0. The number of nitrogens with two attached hydrogens (primary N) is 1. The fraction of sp³-hybridized carbons (Fsp3) is 0. The molecule has 0 aromatic heterocycles. The van der Waals surface area contributed by atoms with Gasteiger partial charge in [-0.15, -0.1) is 0 Å². The number of rotatable bonds is 2. The predicted octanol–water partition coefficient (Wildman–Crippen LogP) is 3.32. The predicted molar refractivity (Wildman–Crippen MR) is 74.9 cm³/mol. The van der Waals surface area contributed by atoms with Crippen LogP contribution in [0.1, 0.15) is 15.9 Å². The van der Waals surface area contributed by atoms with E-state index >= 15 is 0 Å². The van der Waals surface area contributed by atoms with Crippen LogP contribution in [0.15, 0.2) is 30.3 Å². The summed E-state index contributed by atoms with van der Waals surface area (Å²) in [4.78, 5) is 12.0. The van der Waals surface area contributed by atoms with Gasteiger partial charge in [-0.05, 0) is 30.3 Å². The summed E-state index contributed by atoms with van der Waals surface area (Å²) < 4.78 is 27.0. The molecule has 0 bridgehead atoms. The number of nitrogens with one attached hydrogen (secondary N) is 1. The first-order valence-corrected chi connectivity index (χ1v) is 6.05. The van der Waals surface area contributed by atoms with Gasteiger partial charge in [-0.1, -0.05) is 11.6 Å². The van der Waals surface area contributed by atoms with Gasteiger partial charge in [0, 0.05) is 0 Å². The highest BCUT2D eigenvalue weighted by Gasteiger charge is 2.17. The number of halogens is 3. The monoisotopic (exact) mass is 307 g/mol. The molecule has 0 aliphatic heterocycles. The molecule has 7 heteroatoms. The van der Waals surface area contributed by atoms with E-state index in [-0.39, 0.29) is 16.3 Å². The molecule has 2 rings (SSSR count). The Balaban J connectivity index is 2.37. The zero-order chi connectivity index (χ0) is 15.6. The lowest BCUT2D eigenvalue weighted by molar-refractivity contribution is 0.102. The van der Waals surface area contributed by atoms with Crippen LogP contribution in [0.5, 0.6) is 0 Å². The molecule has 21 heavy (non-hydrogen) atoms. The second-order valence-corrected chi connectivity index (χ2v) is 4.52. The average molecular weight is 308 g/mol. The molecule has 2 aromatic carbocycles. The third kappa shape index (κ3) is 3.09. The average Bonchev–Trinajstić information content (AvgIpc) is 2.45. The molecule has 0 saturated carbocycles. The van der Waals surface area contributed by atoms with Crippen LogP contribution in [0.2, 0.25) is 5.02 Å². The summed E-state index contributed by atoms with van der Waals surface area (Å²) in [5.41, 5.74) is 4.61. The van der Waals surface area contributed by atoms with Crippen molar-refractivity contribution in [1.82, 2.24) is 0 Å². The molecule has 0 aliphatic carbocycles. The highest BCUT2D eigenvalue weighted by atomic mass is 35.5. The summed E-state index contributed by atoms with van der Waals surface area (Å²) in [6.07, 6.45) is 0. The maximum absolute atomic E-state index is 13.7. The van der Waals surface area contributed by atoms with E-state index in [0.717, 1.165) is 12.1 Å². The Labute approximate surface area is 123 Å². The van der Waals surface area contributed by atoms with Gasteiger partial charge < -0.3 is 11.1 Å². The van der Waals surface area contributed by atoms with E-state index in [0.29, 0.717) is 0 Å². The maximum atomic E-state index is 13.7. The largest absolute Gasteiger partial charge is 0.396 e. The number of benzene rings is 2. The van der Waals surface area contributed by atoms with Crippen molar-refractivity contribution in [2.24, 2.45) is 0 Å². The molecular weight excluding hydrogens is 300 g/mol. The molecule has 1 amide bonds. The number of carbonyl (C=O) groups is 1. The number of amides is 1. The Morgan fingerprint density at radius 2 is 2.00 bits per heavy atom. The van der Waals surface area contributed by atoms with Crippen LogP contribution in [0, 0.1) is 23.0 Å². The summed E-state index contributed by atoms with van der Waals surface area (Å²) >= 11 is 5.87. The number of carbonyl (C=O) groups excluding carboxylic acids is 1. The summed E-state index contributed by atoms with van der Waals surface area (Å²) in [5, 5.41) is 11.3. The Kier molecular flexibility index (Phi) is 4.05. The first kappa shape index (κ1) is 14.8. The standard InChI is InChI=1S/C14H8ClF2N3O/c15-10-2-1-7(6-18)3-12(10)20-14(21)9-4-8(16)5-11(19)13(9)17/h1-5H,19H2,(H,20,21). The highest BCUT2D eigenvalue weighted by molar-refractivity contribution is 6.34. The van der Waals surface area contributed by atoms with Crippen molar-refractivity contribution >= 4 is 28.9 Å². The first-order chi connectivity index (χ1) is 9.92. The first-order valence-electron chi connectivity index (χ1n) is 5.68. The fourth-order valence-electron chi connectivity index (χ4n) is 1.66. The van der Waals surface area contributed by atoms with Gasteiger partial charge in [0.2, 0.25) is 0 Å². The summed E-state index contributed by atoms with van der Waals surface area (Å²) in [5.74, 6) is -2.78. The van der Waals surface area contributed by atoms with Crippen molar-refractivity contribution in [2.75, 3.05) is 11.1 Å². The molecular formula is C14H8ClF2N3O. The van der Waals surface area contributed by atoms with Crippen molar-refractivity contribution in [3.05, 3.63) is 58.1 Å². The van der Waals surface area contributed by atoms with E-state index in [9.17, 15) is 13.6 Å². The second kappa shape index (κ2) is 5.77. The molecule has 0 atom stereocenters. The number of hydrogen-bond donors (Lipinski definition) is 2. The summed E-state index contributed by atoms with van der Waals surface area (Å²) in [6, 6.07) is 7.56. The Morgan fingerprint density at radius 3 is 2.67 bits per heavy atom. The molecule has 3 N–H and O–H groups in total. The topological polar surface area (TPSA) is 78.9 Å². The molecule has 106 valence electrons. The van der Waals surface area contributed by atoms with Crippen molar-refractivity contribution in [3.8, 4) is 6.07 Å². The number of hydrogen-bond acceptors (Lipinski definition) is 3. The molecule has 2 aromatic rings. The fourth-order valence-corrected chi connectivity index (χ4v) is 1.82. The highest BCUT2D eigenvalue weighted by Crippen LogP contribution is 2.25. The minimum absolute atomic E-state index is 0.114. The minimum atomic E-state index is -1.03. The maximum Gasteiger partial charge on any atom is 0.258 e. The quantitative estimate of drug-likeness (QED) is 0.835. The Bertz CT molecular complexity index is 772. The zero-order valence-corrected chi connectivity index (χ0v) is 11.2. The SMILES string of the molecule is N#Cc1ccc(Cl)c(NC(=O)c2cc(F)cc(N)c2F)c1. The molecule has 0 saturated heterocycles. The van der Waals surface area contributed by atoms with Crippen LogP contribution in [-0.4, -0.2) is 5.91 Å². The van der Waals surface area contributed by atoms with E-state index in [4.69, 9.17) is 22.6 Å². The molecule has 0 fully saturated rings. The van der Waals surface area contributed by atoms with Gasteiger partial charge in [0.1, 0.15) is 5.82 Å². The van der Waals surface area contributed by atoms with Crippen LogP contribution in [0.25, 0.3) is 0 Å². The van der Waals surface area contributed by atoms with E-state index in [2.05, 4.69) is 5.32 Å². The van der Waals surface area contributed by atoms with Gasteiger partial charge in [0.05, 0.1) is 33.6 Å². The van der Waals surface area contributed by atoms with E-state index in [1.54, 1.807) is 0 Å². The molecule has 0 radical (unpaired) electrons. The van der Waals surface area contributed by atoms with Gasteiger partial charge >= 0.3 is 0 Å². The van der Waals surface area contributed by atoms with Crippen LogP contribution in [0.4, 0.5) is 20.2 Å². The van der Waals surface area contributed by atoms with E-state index < -0.39 is 28.8 Å². The number of nitriles is 1. The number of nitrogens with zero attached hydrogens (tertiary/aromatic N) is 1. The van der Waals surface area contributed by atoms with Crippen molar-refractivity contribution in [3.63, 3.8) is 0 Å². The summed E-state index contributed by atoms with van der Waals surface area (Å²) in [7, 11) is 0. The second-order valence-electron chi connectivity index (χ2n) is 4.12. The Hall–Kier alpha value is -2.65. The van der Waals surface area contributed by atoms with Crippen LogP contribution in [0.3, 0.4) is 0 Å². The van der Waals surface area contributed by atoms with Crippen molar-refractivity contribution < 1.29 is 13.6 Å². The van der Waals surface area contributed by atoms with Gasteiger partial charge in [-0.25, -0.2) is 8.78 Å². The molecule has 4 nitrogen and oxygen atoms in total. The molecule has 0 unspecified atom stereocenters. The van der Waals surface area contributed by atoms with E-state index in [1.807, 2.05) is 6.07 Å².